The van der Waals surface area contributed by atoms with E-state index in [1.165, 1.54) is 0 Å². The number of para-hydroxylation sites is 1. The van der Waals surface area contributed by atoms with Crippen LogP contribution in [0.5, 0.6) is 11.5 Å². The molecule has 0 heterocycles. The lowest BCUT2D eigenvalue weighted by molar-refractivity contribution is 0.102. The van der Waals surface area contributed by atoms with Gasteiger partial charge in [0.25, 0.3) is 5.91 Å². The molecule has 0 saturated carbocycles. The molecule has 20 heavy (non-hydrogen) atoms. The molecule has 0 aliphatic carbocycles. The van der Waals surface area contributed by atoms with Gasteiger partial charge in [-0.1, -0.05) is 12.1 Å². The first-order chi connectivity index (χ1) is 9.52. The van der Waals surface area contributed by atoms with E-state index in [-0.39, 0.29) is 17.2 Å². The highest BCUT2D eigenvalue weighted by Crippen LogP contribution is 2.29. The second-order valence-electron chi connectivity index (χ2n) is 4.27. The first-order valence-corrected chi connectivity index (χ1v) is 6.75. The third kappa shape index (κ3) is 2.93. The number of aromatic hydroxyl groups is 1. The molecule has 0 bridgehead atoms. The molecule has 0 aliphatic heterocycles. The van der Waals surface area contributed by atoms with E-state index in [4.69, 9.17) is 4.74 Å². The maximum absolute atomic E-state index is 12.1. The largest absolute Gasteiger partial charge is 0.507 e. The van der Waals surface area contributed by atoms with Gasteiger partial charge in [0.15, 0.2) is 0 Å². The smallest absolute Gasteiger partial charge is 0.259 e. The SMILES string of the molecule is COc1cc(NC(=O)c2cccc(C)c2O)ccc1Br. The van der Waals surface area contributed by atoms with Crippen molar-refractivity contribution in [3.05, 3.63) is 52.0 Å². The highest BCUT2D eigenvalue weighted by atomic mass is 79.9. The Morgan fingerprint density at radius 2 is 2.05 bits per heavy atom. The van der Waals surface area contributed by atoms with E-state index >= 15 is 0 Å². The quantitative estimate of drug-likeness (QED) is 0.898. The average molecular weight is 336 g/mol. The van der Waals surface area contributed by atoms with Crippen LogP contribution in [-0.2, 0) is 0 Å². The number of aryl methyl sites for hydroxylation is 1. The lowest BCUT2D eigenvalue weighted by Crippen LogP contribution is -2.12. The first-order valence-electron chi connectivity index (χ1n) is 5.96. The predicted molar refractivity (Wildman–Crippen MR) is 81.5 cm³/mol. The van der Waals surface area contributed by atoms with Gasteiger partial charge in [0.05, 0.1) is 17.1 Å². The second-order valence-corrected chi connectivity index (χ2v) is 5.13. The fourth-order valence-electron chi connectivity index (χ4n) is 1.78. The number of hydrogen-bond acceptors (Lipinski definition) is 3. The number of methoxy groups -OCH3 is 1. The zero-order valence-corrected chi connectivity index (χ0v) is 12.7. The van der Waals surface area contributed by atoms with Gasteiger partial charge in [0.2, 0.25) is 0 Å². The van der Waals surface area contributed by atoms with Crippen LogP contribution in [0, 0.1) is 6.92 Å². The van der Waals surface area contributed by atoms with Crippen molar-refractivity contribution in [3.63, 3.8) is 0 Å². The van der Waals surface area contributed by atoms with Crippen molar-refractivity contribution < 1.29 is 14.6 Å². The Balaban J connectivity index is 2.26. The van der Waals surface area contributed by atoms with Crippen LogP contribution < -0.4 is 10.1 Å². The Kier molecular flexibility index (Phi) is 4.29. The average Bonchev–Trinajstić information content (AvgIpc) is 2.43. The summed E-state index contributed by atoms with van der Waals surface area (Å²) in [4.78, 5) is 12.1. The number of benzene rings is 2. The zero-order chi connectivity index (χ0) is 14.7. The number of phenols is 1. The standard InChI is InChI=1S/C15H14BrNO3/c1-9-4-3-5-11(14(9)18)15(19)17-10-6-7-12(16)13(8-10)20-2/h3-8,18H,1-2H3,(H,17,19). The molecule has 2 aromatic rings. The van der Waals surface area contributed by atoms with Crippen molar-refractivity contribution in [2.45, 2.75) is 6.92 Å². The van der Waals surface area contributed by atoms with Crippen molar-refractivity contribution in [2.75, 3.05) is 12.4 Å². The Bertz CT molecular complexity index is 656. The second kappa shape index (κ2) is 5.96. The van der Waals surface area contributed by atoms with E-state index in [0.717, 1.165) is 4.47 Å². The summed E-state index contributed by atoms with van der Waals surface area (Å²) in [7, 11) is 1.55. The van der Waals surface area contributed by atoms with Crippen LogP contribution in [-0.4, -0.2) is 18.1 Å². The number of hydrogen-bond donors (Lipinski definition) is 2. The minimum Gasteiger partial charge on any atom is -0.507 e. The lowest BCUT2D eigenvalue weighted by atomic mass is 10.1. The van der Waals surface area contributed by atoms with E-state index in [1.54, 1.807) is 50.4 Å². The van der Waals surface area contributed by atoms with Crippen LogP contribution >= 0.6 is 15.9 Å². The highest BCUT2D eigenvalue weighted by Gasteiger charge is 2.13. The fraction of sp³-hybridized carbons (Fsp3) is 0.133. The van der Waals surface area contributed by atoms with Crippen LogP contribution in [0.3, 0.4) is 0 Å². The molecule has 1 amide bonds. The molecule has 5 heteroatoms. The van der Waals surface area contributed by atoms with Gasteiger partial charge in [-0.2, -0.15) is 0 Å². The number of phenolic OH excluding ortho intramolecular Hbond substituents is 1. The summed E-state index contributed by atoms with van der Waals surface area (Å²) in [6, 6.07) is 10.3. The summed E-state index contributed by atoms with van der Waals surface area (Å²) in [5.74, 6) is 0.251. The summed E-state index contributed by atoms with van der Waals surface area (Å²) < 4.78 is 5.97. The molecule has 0 unspecified atom stereocenters. The molecular weight excluding hydrogens is 322 g/mol. The van der Waals surface area contributed by atoms with Gasteiger partial charge in [0, 0.05) is 11.8 Å². The normalized spacial score (nSPS) is 10.2. The molecule has 104 valence electrons. The van der Waals surface area contributed by atoms with Gasteiger partial charge in [-0.3, -0.25) is 4.79 Å². The van der Waals surface area contributed by atoms with Gasteiger partial charge in [-0.15, -0.1) is 0 Å². The number of halogens is 1. The Hall–Kier alpha value is -2.01. The van der Waals surface area contributed by atoms with E-state index in [9.17, 15) is 9.90 Å². The molecule has 0 saturated heterocycles. The van der Waals surface area contributed by atoms with Gasteiger partial charge in [-0.25, -0.2) is 0 Å². The maximum atomic E-state index is 12.1. The summed E-state index contributed by atoms with van der Waals surface area (Å²) in [5.41, 5.74) is 1.49. The Morgan fingerprint density at radius 3 is 2.75 bits per heavy atom. The van der Waals surface area contributed by atoms with Gasteiger partial charge < -0.3 is 15.2 Å². The lowest BCUT2D eigenvalue weighted by Gasteiger charge is -2.10. The van der Waals surface area contributed by atoms with E-state index in [2.05, 4.69) is 21.2 Å². The van der Waals surface area contributed by atoms with Gasteiger partial charge in [-0.05, 0) is 46.6 Å². The maximum Gasteiger partial charge on any atom is 0.259 e. The Morgan fingerprint density at radius 1 is 1.30 bits per heavy atom. The van der Waals surface area contributed by atoms with Crippen molar-refractivity contribution in [1.82, 2.24) is 0 Å². The van der Waals surface area contributed by atoms with E-state index in [0.29, 0.717) is 17.0 Å². The van der Waals surface area contributed by atoms with E-state index in [1.807, 2.05) is 0 Å². The molecule has 0 aromatic heterocycles. The van der Waals surface area contributed by atoms with Crippen molar-refractivity contribution in [2.24, 2.45) is 0 Å². The number of nitrogens with one attached hydrogen (secondary N) is 1. The van der Waals surface area contributed by atoms with Crippen LogP contribution in [0.2, 0.25) is 0 Å². The molecule has 2 rings (SSSR count). The number of carbonyl (C=O) groups is 1. The molecule has 4 nitrogen and oxygen atoms in total. The fourth-order valence-corrected chi connectivity index (χ4v) is 2.19. The number of carbonyl (C=O) groups excluding carboxylic acids is 1. The van der Waals surface area contributed by atoms with Crippen molar-refractivity contribution in [1.29, 1.82) is 0 Å². The minimum atomic E-state index is -0.365. The topological polar surface area (TPSA) is 58.6 Å². The van der Waals surface area contributed by atoms with Crippen LogP contribution in [0.4, 0.5) is 5.69 Å². The van der Waals surface area contributed by atoms with Crippen molar-refractivity contribution >= 4 is 27.5 Å². The molecule has 0 aliphatic rings. The summed E-state index contributed by atoms with van der Waals surface area (Å²) in [6.45, 7) is 1.74. The molecule has 0 spiro atoms. The van der Waals surface area contributed by atoms with Crippen LogP contribution in [0.25, 0.3) is 0 Å². The van der Waals surface area contributed by atoms with Gasteiger partial charge >= 0.3 is 0 Å². The molecule has 2 N–H and O–H groups in total. The molecule has 2 aromatic carbocycles. The highest BCUT2D eigenvalue weighted by molar-refractivity contribution is 9.10. The molecule has 0 atom stereocenters. The first kappa shape index (κ1) is 14.4. The zero-order valence-electron chi connectivity index (χ0n) is 11.1. The van der Waals surface area contributed by atoms with E-state index < -0.39 is 0 Å². The minimum absolute atomic E-state index is 0.00548. The molecule has 0 radical (unpaired) electrons. The number of ether oxygens (including phenoxy) is 1. The summed E-state index contributed by atoms with van der Waals surface area (Å²) >= 11 is 3.35. The number of amides is 1. The third-order valence-corrected chi connectivity index (χ3v) is 3.55. The summed E-state index contributed by atoms with van der Waals surface area (Å²) in [5, 5.41) is 12.6. The Labute approximate surface area is 125 Å². The van der Waals surface area contributed by atoms with Gasteiger partial charge in [0.1, 0.15) is 11.5 Å². The molecular formula is C15H14BrNO3. The third-order valence-electron chi connectivity index (χ3n) is 2.89. The summed E-state index contributed by atoms with van der Waals surface area (Å²) in [6.07, 6.45) is 0. The predicted octanol–water partition coefficient (Wildman–Crippen LogP) is 3.72. The number of anilines is 1. The van der Waals surface area contributed by atoms with Crippen LogP contribution in [0.15, 0.2) is 40.9 Å². The van der Waals surface area contributed by atoms with Crippen molar-refractivity contribution in [3.8, 4) is 11.5 Å². The number of rotatable bonds is 3. The molecule has 0 fully saturated rings. The monoisotopic (exact) mass is 335 g/mol. The van der Waals surface area contributed by atoms with Crippen LogP contribution in [0.1, 0.15) is 15.9 Å².